The van der Waals surface area contributed by atoms with E-state index in [0.717, 1.165) is 0 Å². The molecule has 2 N–H and O–H groups in total. The Morgan fingerprint density at radius 1 is 1.36 bits per heavy atom. The van der Waals surface area contributed by atoms with E-state index in [1.165, 1.54) is 0 Å². The molecule has 66 valence electrons. The summed E-state index contributed by atoms with van der Waals surface area (Å²) in [5, 5.41) is 11.9. The third-order valence-electron chi connectivity index (χ3n) is 1.67. The molecule has 0 aliphatic rings. The highest BCUT2D eigenvalue weighted by atomic mass is 16.3. The number of carbonyl (C=O) groups is 1. The van der Waals surface area contributed by atoms with Gasteiger partial charge in [-0.25, -0.2) is 0 Å². The predicted molar refractivity (Wildman–Crippen MR) is 44.4 cm³/mol. The lowest BCUT2D eigenvalue weighted by Crippen LogP contribution is -2.44. The highest BCUT2D eigenvalue weighted by Gasteiger charge is 2.23. The standard InChI is InChI=1S/C8H17NO2/c1-5(2)8(11)7(9-4)6(3)10/h5-7,9-10H,1-4H3/t6-,7+/m0/s1. The molecule has 0 saturated carbocycles. The molecule has 0 rings (SSSR count). The zero-order valence-electron chi connectivity index (χ0n) is 7.59. The molecule has 3 heteroatoms. The van der Waals surface area contributed by atoms with Crippen LogP contribution in [0.2, 0.25) is 0 Å². The number of carbonyl (C=O) groups excluding carboxylic acids is 1. The Bertz CT molecular complexity index is 132. The predicted octanol–water partition coefficient (Wildman–Crippen LogP) is 0.180. The molecule has 0 bridgehead atoms. The first-order valence-corrected chi connectivity index (χ1v) is 3.89. The van der Waals surface area contributed by atoms with Gasteiger partial charge in [0.2, 0.25) is 0 Å². The number of aliphatic hydroxyl groups excluding tert-OH is 1. The second-order valence-electron chi connectivity index (χ2n) is 3.06. The molecular formula is C8H17NO2. The maximum Gasteiger partial charge on any atom is 0.154 e. The van der Waals surface area contributed by atoms with E-state index in [9.17, 15) is 4.79 Å². The topological polar surface area (TPSA) is 49.3 Å². The van der Waals surface area contributed by atoms with Gasteiger partial charge in [-0.1, -0.05) is 13.8 Å². The second-order valence-corrected chi connectivity index (χ2v) is 3.06. The molecule has 0 heterocycles. The van der Waals surface area contributed by atoms with Crippen LogP contribution in [0.5, 0.6) is 0 Å². The van der Waals surface area contributed by atoms with Crippen molar-refractivity contribution in [2.75, 3.05) is 7.05 Å². The van der Waals surface area contributed by atoms with Gasteiger partial charge in [0.25, 0.3) is 0 Å². The molecule has 0 fully saturated rings. The van der Waals surface area contributed by atoms with Crippen LogP contribution in [0.15, 0.2) is 0 Å². The minimum Gasteiger partial charge on any atom is -0.391 e. The van der Waals surface area contributed by atoms with E-state index in [1.807, 2.05) is 13.8 Å². The van der Waals surface area contributed by atoms with Gasteiger partial charge < -0.3 is 10.4 Å². The van der Waals surface area contributed by atoms with Crippen LogP contribution >= 0.6 is 0 Å². The van der Waals surface area contributed by atoms with Gasteiger partial charge in [-0.2, -0.15) is 0 Å². The van der Waals surface area contributed by atoms with Gasteiger partial charge >= 0.3 is 0 Å². The molecular weight excluding hydrogens is 142 g/mol. The van der Waals surface area contributed by atoms with Crippen LogP contribution in [0.25, 0.3) is 0 Å². The number of hydrogen-bond acceptors (Lipinski definition) is 3. The maximum absolute atomic E-state index is 11.3. The lowest BCUT2D eigenvalue weighted by atomic mass is 9.98. The molecule has 11 heavy (non-hydrogen) atoms. The van der Waals surface area contributed by atoms with Gasteiger partial charge in [-0.3, -0.25) is 4.79 Å². The third-order valence-corrected chi connectivity index (χ3v) is 1.67. The fourth-order valence-electron chi connectivity index (χ4n) is 0.980. The SMILES string of the molecule is CN[C@@H](C(=O)C(C)C)[C@H](C)O. The minimum absolute atomic E-state index is 0.0259. The first-order chi connectivity index (χ1) is 5.00. The summed E-state index contributed by atoms with van der Waals surface area (Å²) in [7, 11) is 1.68. The normalized spacial score (nSPS) is 16.5. The van der Waals surface area contributed by atoms with Crippen LogP contribution in [0, 0.1) is 5.92 Å². The summed E-state index contributed by atoms with van der Waals surface area (Å²) in [6, 6.07) is -0.421. The van der Waals surface area contributed by atoms with Gasteiger partial charge in [0, 0.05) is 5.92 Å². The summed E-state index contributed by atoms with van der Waals surface area (Å²) in [6.45, 7) is 5.27. The summed E-state index contributed by atoms with van der Waals surface area (Å²) in [4.78, 5) is 11.3. The van der Waals surface area contributed by atoms with Gasteiger partial charge in [0.05, 0.1) is 12.1 Å². The lowest BCUT2D eigenvalue weighted by Gasteiger charge is -2.19. The van der Waals surface area contributed by atoms with Crippen LogP contribution in [0.4, 0.5) is 0 Å². The summed E-state index contributed by atoms with van der Waals surface area (Å²) in [6.07, 6.45) is -0.616. The van der Waals surface area contributed by atoms with E-state index in [2.05, 4.69) is 5.32 Å². The zero-order chi connectivity index (χ0) is 9.02. The van der Waals surface area contributed by atoms with Crippen molar-refractivity contribution in [2.45, 2.75) is 32.9 Å². The van der Waals surface area contributed by atoms with Gasteiger partial charge in [0.1, 0.15) is 0 Å². The Hall–Kier alpha value is -0.410. The van der Waals surface area contributed by atoms with E-state index in [1.54, 1.807) is 14.0 Å². The number of hydrogen-bond donors (Lipinski definition) is 2. The van der Waals surface area contributed by atoms with Gasteiger partial charge in [0.15, 0.2) is 5.78 Å². The Balaban J connectivity index is 4.15. The first-order valence-electron chi connectivity index (χ1n) is 3.89. The number of aliphatic hydroxyl groups is 1. The number of Topliss-reactive ketones (excluding diaryl/α,β-unsaturated/α-hetero) is 1. The van der Waals surface area contributed by atoms with Crippen molar-refractivity contribution < 1.29 is 9.90 Å². The minimum atomic E-state index is -0.616. The monoisotopic (exact) mass is 159 g/mol. The van der Waals surface area contributed by atoms with Crippen LogP contribution in [-0.4, -0.2) is 30.1 Å². The highest BCUT2D eigenvalue weighted by Crippen LogP contribution is 2.02. The van der Waals surface area contributed by atoms with Crippen LogP contribution in [0.1, 0.15) is 20.8 Å². The largest absolute Gasteiger partial charge is 0.391 e. The summed E-state index contributed by atoms with van der Waals surface area (Å²) in [5.74, 6) is 0.0320. The lowest BCUT2D eigenvalue weighted by molar-refractivity contribution is -0.126. The molecule has 2 atom stereocenters. The fraction of sp³-hybridized carbons (Fsp3) is 0.875. The van der Waals surface area contributed by atoms with E-state index in [-0.39, 0.29) is 11.7 Å². The average Bonchev–Trinajstić information content (AvgIpc) is 1.88. The van der Waals surface area contributed by atoms with Crippen molar-refractivity contribution in [3.05, 3.63) is 0 Å². The van der Waals surface area contributed by atoms with Crippen molar-refractivity contribution in [3.8, 4) is 0 Å². The molecule has 0 radical (unpaired) electrons. The molecule has 0 aliphatic carbocycles. The Labute approximate surface area is 67.8 Å². The molecule has 0 aliphatic heterocycles. The van der Waals surface area contributed by atoms with Crippen LogP contribution in [-0.2, 0) is 4.79 Å². The van der Waals surface area contributed by atoms with Crippen molar-refractivity contribution in [1.29, 1.82) is 0 Å². The van der Waals surface area contributed by atoms with Crippen molar-refractivity contribution in [2.24, 2.45) is 5.92 Å². The Morgan fingerprint density at radius 3 is 1.91 bits per heavy atom. The average molecular weight is 159 g/mol. The maximum atomic E-state index is 11.3. The number of ketones is 1. The molecule has 0 unspecified atom stereocenters. The van der Waals surface area contributed by atoms with Crippen molar-refractivity contribution >= 4 is 5.78 Å². The van der Waals surface area contributed by atoms with Gasteiger partial charge in [-0.15, -0.1) is 0 Å². The number of nitrogens with one attached hydrogen (secondary N) is 1. The highest BCUT2D eigenvalue weighted by molar-refractivity contribution is 5.86. The molecule has 0 aromatic carbocycles. The Kier molecular flexibility index (Phi) is 4.30. The number of rotatable bonds is 4. The van der Waals surface area contributed by atoms with Crippen molar-refractivity contribution in [1.82, 2.24) is 5.32 Å². The summed E-state index contributed by atoms with van der Waals surface area (Å²) >= 11 is 0. The fourth-order valence-corrected chi connectivity index (χ4v) is 0.980. The van der Waals surface area contributed by atoms with Crippen LogP contribution < -0.4 is 5.32 Å². The molecule has 0 aromatic heterocycles. The number of likely N-dealkylation sites (N-methyl/N-ethyl adjacent to an activating group) is 1. The quantitative estimate of drug-likeness (QED) is 0.615. The molecule has 3 nitrogen and oxygen atoms in total. The molecule has 0 saturated heterocycles. The Morgan fingerprint density at radius 2 is 1.82 bits per heavy atom. The smallest absolute Gasteiger partial charge is 0.154 e. The summed E-state index contributed by atoms with van der Waals surface area (Å²) < 4.78 is 0. The van der Waals surface area contributed by atoms with E-state index in [0.29, 0.717) is 0 Å². The molecule has 0 spiro atoms. The second kappa shape index (κ2) is 4.46. The van der Waals surface area contributed by atoms with Crippen molar-refractivity contribution in [3.63, 3.8) is 0 Å². The van der Waals surface area contributed by atoms with E-state index < -0.39 is 12.1 Å². The van der Waals surface area contributed by atoms with Crippen LogP contribution in [0.3, 0.4) is 0 Å². The van der Waals surface area contributed by atoms with E-state index in [4.69, 9.17) is 5.11 Å². The first kappa shape index (κ1) is 10.6. The van der Waals surface area contributed by atoms with Gasteiger partial charge in [-0.05, 0) is 14.0 Å². The third kappa shape index (κ3) is 2.99. The van der Waals surface area contributed by atoms with E-state index >= 15 is 0 Å². The molecule has 0 amide bonds. The molecule has 0 aromatic rings. The zero-order valence-corrected chi connectivity index (χ0v) is 7.59. The summed E-state index contributed by atoms with van der Waals surface area (Å²) in [5.41, 5.74) is 0.